The molecule has 1 atom stereocenters. The molecule has 0 N–H and O–H groups in total. The number of hydrogen-bond donors (Lipinski definition) is 0. The lowest BCUT2D eigenvalue weighted by Crippen LogP contribution is -2.44. The fraction of sp³-hybridized carbons (Fsp3) is 0.188. The first-order chi connectivity index (χ1) is 10.9. The van der Waals surface area contributed by atoms with Crippen molar-refractivity contribution in [1.82, 2.24) is 0 Å². The van der Waals surface area contributed by atoms with E-state index in [0.29, 0.717) is 21.9 Å². The lowest BCUT2D eigenvalue weighted by atomic mass is 9.77. The van der Waals surface area contributed by atoms with E-state index in [1.165, 1.54) is 6.07 Å². The summed E-state index contributed by atoms with van der Waals surface area (Å²) in [4.78, 5) is 16.8. The Morgan fingerprint density at radius 3 is 2.43 bits per heavy atom. The monoisotopic (exact) mass is 321 g/mol. The highest BCUT2D eigenvalue weighted by Crippen LogP contribution is 2.52. The third kappa shape index (κ3) is 1.86. The van der Waals surface area contributed by atoms with Crippen LogP contribution in [0.15, 0.2) is 48.5 Å². The molecular formula is C16H10F3NO3. The van der Waals surface area contributed by atoms with E-state index >= 15 is 0 Å². The second kappa shape index (κ2) is 4.48. The van der Waals surface area contributed by atoms with Crippen molar-refractivity contribution in [2.45, 2.75) is 11.8 Å². The largest absolute Gasteiger partial charge is 0.544 e. The Morgan fingerprint density at radius 2 is 1.70 bits per heavy atom. The molecule has 1 unspecified atom stereocenters. The molecule has 2 heterocycles. The maximum Gasteiger partial charge on any atom is 0.544 e. The second-order valence-corrected chi connectivity index (χ2v) is 5.34. The number of para-hydroxylation sites is 2. The van der Waals surface area contributed by atoms with Crippen LogP contribution in [0.4, 0.5) is 18.9 Å². The predicted octanol–water partition coefficient (Wildman–Crippen LogP) is 3.16. The summed E-state index contributed by atoms with van der Waals surface area (Å²) < 4.78 is 43.7. The van der Waals surface area contributed by atoms with Crippen LogP contribution in [-0.2, 0) is 15.0 Å². The molecule has 4 nitrogen and oxygen atoms in total. The van der Waals surface area contributed by atoms with E-state index in [-0.39, 0.29) is 12.3 Å². The molecule has 2 aliphatic heterocycles. The second-order valence-electron chi connectivity index (χ2n) is 5.34. The number of carbonyl (C=O) groups excluding carboxylic acids is 1. The lowest BCUT2D eigenvalue weighted by molar-refractivity contribution is -0.327. The number of alkyl halides is 3. The molecule has 2 aromatic rings. The Morgan fingerprint density at radius 1 is 1.04 bits per heavy atom. The Bertz CT molecular complexity index is 805. The van der Waals surface area contributed by atoms with Crippen LogP contribution in [-0.4, -0.2) is 18.9 Å². The fourth-order valence-corrected chi connectivity index (χ4v) is 3.21. The number of benzene rings is 2. The van der Waals surface area contributed by atoms with Crippen molar-refractivity contribution in [3.63, 3.8) is 0 Å². The van der Waals surface area contributed by atoms with E-state index in [2.05, 4.69) is 4.84 Å². The summed E-state index contributed by atoms with van der Waals surface area (Å²) in [5.41, 5.74) is -0.238. The van der Waals surface area contributed by atoms with Crippen LogP contribution in [0.5, 0.6) is 5.75 Å². The molecular weight excluding hydrogens is 311 g/mol. The third-order valence-corrected chi connectivity index (χ3v) is 4.12. The third-order valence-electron chi connectivity index (χ3n) is 4.12. The maximum atomic E-state index is 12.8. The first-order valence-corrected chi connectivity index (χ1v) is 6.86. The Hall–Kier alpha value is -2.54. The number of fused-ring (bicyclic) bond motifs is 4. The van der Waals surface area contributed by atoms with E-state index in [1.54, 1.807) is 42.5 Å². The zero-order valence-electron chi connectivity index (χ0n) is 11.6. The first kappa shape index (κ1) is 14.1. The van der Waals surface area contributed by atoms with Crippen molar-refractivity contribution in [2.75, 3.05) is 11.7 Å². The molecule has 0 saturated heterocycles. The predicted molar refractivity (Wildman–Crippen MR) is 73.8 cm³/mol. The summed E-state index contributed by atoms with van der Waals surface area (Å²) in [5.74, 6) is -0.314. The fourth-order valence-electron chi connectivity index (χ4n) is 3.21. The van der Waals surface area contributed by atoms with Gasteiger partial charge in [0.2, 0.25) is 0 Å². The zero-order valence-corrected chi connectivity index (χ0v) is 11.6. The van der Waals surface area contributed by atoms with E-state index in [4.69, 9.17) is 4.74 Å². The smallest absolute Gasteiger partial charge is 0.491 e. The highest BCUT2D eigenvalue weighted by atomic mass is 19.4. The van der Waals surface area contributed by atoms with Crippen molar-refractivity contribution >= 4 is 11.6 Å². The van der Waals surface area contributed by atoms with Crippen molar-refractivity contribution in [3.8, 4) is 5.75 Å². The van der Waals surface area contributed by atoms with Crippen LogP contribution >= 0.6 is 0 Å². The van der Waals surface area contributed by atoms with Crippen LogP contribution in [0, 0.1) is 0 Å². The minimum Gasteiger partial charge on any atom is -0.491 e. The molecule has 0 fully saturated rings. The van der Waals surface area contributed by atoms with Crippen molar-refractivity contribution in [2.24, 2.45) is 0 Å². The minimum absolute atomic E-state index is 0.0556. The number of hydroxylamine groups is 1. The SMILES string of the molecule is O=C1N(OC(F)(F)F)c2ccccc2C12COc1ccccc12. The molecule has 2 aliphatic rings. The van der Waals surface area contributed by atoms with Gasteiger partial charge >= 0.3 is 6.36 Å². The molecule has 0 radical (unpaired) electrons. The summed E-state index contributed by atoms with van der Waals surface area (Å²) >= 11 is 0. The zero-order chi connectivity index (χ0) is 16.2. The average Bonchev–Trinajstić information content (AvgIpc) is 3.01. The van der Waals surface area contributed by atoms with Gasteiger partial charge in [-0.05, 0) is 12.1 Å². The number of amides is 1. The molecule has 7 heteroatoms. The number of ether oxygens (including phenoxy) is 1. The van der Waals surface area contributed by atoms with Gasteiger partial charge in [-0.1, -0.05) is 36.4 Å². The molecule has 1 amide bonds. The van der Waals surface area contributed by atoms with Gasteiger partial charge < -0.3 is 4.74 Å². The topological polar surface area (TPSA) is 38.8 Å². The van der Waals surface area contributed by atoms with Crippen molar-refractivity contribution in [1.29, 1.82) is 0 Å². The molecule has 0 bridgehead atoms. The number of nitrogens with zero attached hydrogens (tertiary/aromatic N) is 1. The van der Waals surface area contributed by atoms with Crippen LogP contribution < -0.4 is 9.80 Å². The van der Waals surface area contributed by atoms with E-state index in [0.717, 1.165) is 0 Å². The number of hydrogen-bond acceptors (Lipinski definition) is 3. The van der Waals surface area contributed by atoms with Crippen LogP contribution in [0.3, 0.4) is 0 Å². The van der Waals surface area contributed by atoms with Gasteiger partial charge in [0.1, 0.15) is 17.8 Å². The number of anilines is 1. The summed E-state index contributed by atoms with van der Waals surface area (Å²) in [6, 6.07) is 13.1. The van der Waals surface area contributed by atoms with Gasteiger partial charge in [0.05, 0.1) is 5.69 Å². The molecule has 23 heavy (non-hydrogen) atoms. The van der Waals surface area contributed by atoms with Crippen molar-refractivity contribution < 1.29 is 27.5 Å². The summed E-state index contributed by atoms with van der Waals surface area (Å²) in [7, 11) is 0. The van der Waals surface area contributed by atoms with E-state index in [1.807, 2.05) is 0 Å². The van der Waals surface area contributed by atoms with Crippen molar-refractivity contribution in [3.05, 3.63) is 59.7 Å². The maximum absolute atomic E-state index is 12.8. The van der Waals surface area contributed by atoms with Gasteiger partial charge in [0.15, 0.2) is 0 Å². The lowest BCUT2D eigenvalue weighted by Gasteiger charge is -2.22. The Balaban J connectivity index is 1.92. The number of carbonyl (C=O) groups is 1. The molecule has 1 spiro atoms. The van der Waals surface area contributed by atoms with Gasteiger partial charge in [-0.3, -0.25) is 4.79 Å². The summed E-state index contributed by atoms with van der Waals surface area (Å²) in [5, 5.41) is 0.320. The molecule has 0 saturated carbocycles. The number of rotatable bonds is 1. The van der Waals surface area contributed by atoms with Gasteiger partial charge in [-0.25, -0.2) is 0 Å². The van der Waals surface area contributed by atoms with E-state index < -0.39 is 17.7 Å². The normalized spacial score (nSPS) is 22.2. The summed E-state index contributed by atoms with van der Waals surface area (Å²) in [6.07, 6.45) is -4.96. The molecule has 4 rings (SSSR count). The minimum atomic E-state index is -4.96. The average molecular weight is 321 g/mol. The quantitative estimate of drug-likeness (QED) is 0.810. The van der Waals surface area contributed by atoms with Gasteiger partial charge in [0.25, 0.3) is 5.91 Å². The van der Waals surface area contributed by atoms with Gasteiger partial charge in [0, 0.05) is 11.1 Å². The molecule has 118 valence electrons. The van der Waals surface area contributed by atoms with Crippen LogP contribution in [0.25, 0.3) is 0 Å². The Labute approximate surface area is 129 Å². The molecule has 0 aromatic heterocycles. The van der Waals surface area contributed by atoms with E-state index in [9.17, 15) is 18.0 Å². The van der Waals surface area contributed by atoms with Crippen LogP contribution in [0.1, 0.15) is 11.1 Å². The Kier molecular flexibility index (Phi) is 2.74. The van der Waals surface area contributed by atoms with Gasteiger partial charge in [-0.2, -0.15) is 9.90 Å². The highest BCUT2D eigenvalue weighted by molar-refractivity contribution is 6.10. The highest BCUT2D eigenvalue weighted by Gasteiger charge is 2.59. The number of halogens is 3. The summed E-state index contributed by atoms with van der Waals surface area (Å²) in [6.45, 7) is -0.0556. The van der Waals surface area contributed by atoms with Crippen LogP contribution in [0.2, 0.25) is 0 Å². The first-order valence-electron chi connectivity index (χ1n) is 6.86. The van der Waals surface area contributed by atoms with Gasteiger partial charge in [-0.15, -0.1) is 13.2 Å². The standard InChI is InChI=1S/C16H10F3NO3/c17-16(18,19)23-20-12-7-3-1-5-10(12)15(14(20)21)9-22-13-8-4-2-6-11(13)15/h1-8H,9H2. The molecule has 0 aliphatic carbocycles. The molecule has 2 aromatic carbocycles.